The second kappa shape index (κ2) is 3.29. The molecule has 3 heteroatoms. The molecule has 0 aromatic rings. The molecule has 0 aliphatic carbocycles. The Balaban J connectivity index is 1.65. The van der Waals surface area contributed by atoms with Gasteiger partial charge in [-0.2, -0.15) is 35.3 Å². The third-order valence-corrected chi connectivity index (χ3v) is 8.51. The van der Waals surface area contributed by atoms with Crippen molar-refractivity contribution >= 4 is 35.3 Å². The molecular formula is C12H20S3. The third kappa shape index (κ3) is 2.50. The second-order valence-corrected chi connectivity index (χ2v) is 10.8. The van der Waals surface area contributed by atoms with E-state index in [1.54, 1.807) is 0 Å². The van der Waals surface area contributed by atoms with Gasteiger partial charge >= 0.3 is 0 Å². The topological polar surface area (TPSA) is 0 Å². The molecule has 3 heterocycles. The molecule has 0 N–H and O–H groups in total. The van der Waals surface area contributed by atoms with E-state index < -0.39 is 0 Å². The lowest BCUT2D eigenvalue weighted by Gasteiger charge is -2.27. The summed E-state index contributed by atoms with van der Waals surface area (Å²) in [5.41, 5.74) is 0. The van der Waals surface area contributed by atoms with Crippen LogP contribution in [0.2, 0.25) is 0 Å². The smallest absolute Gasteiger partial charge is 0.0252 e. The number of rotatable bonds is 5. The van der Waals surface area contributed by atoms with E-state index in [2.05, 4.69) is 56.1 Å². The molecule has 0 aromatic heterocycles. The van der Waals surface area contributed by atoms with E-state index in [0.717, 1.165) is 5.92 Å². The zero-order valence-electron chi connectivity index (χ0n) is 9.84. The summed E-state index contributed by atoms with van der Waals surface area (Å²) in [6.07, 6.45) is 2.94. The molecule has 0 spiro atoms. The van der Waals surface area contributed by atoms with Crippen LogP contribution in [0.3, 0.4) is 0 Å². The van der Waals surface area contributed by atoms with Gasteiger partial charge in [-0.1, -0.05) is 0 Å². The zero-order chi connectivity index (χ0) is 10.7. The third-order valence-electron chi connectivity index (χ3n) is 4.09. The van der Waals surface area contributed by atoms with Gasteiger partial charge in [0.25, 0.3) is 0 Å². The molecule has 3 aliphatic rings. The molecule has 0 radical (unpaired) electrons. The van der Waals surface area contributed by atoms with Crippen molar-refractivity contribution in [3.05, 3.63) is 0 Å². The van der Waals surface area contributed by atoms with Gasteiger partial charge in [-0.3, -0.25) is 0 Å². The summed E-state index contributed by atoms with van der Waals surface area (Å²) >= 11 is 6.54. The fourth-order valence-electron chi connectivity index (χ4n) is 2.38. The molecule has 3 atom stereocenters. The first kappa shape index (κ1) is 11.2. The van der Waals surface area contributed by atoms with Gasteiger partial charge in [0.05, 0.1) is 0 Å². The van der Waals surface area contributed by atoms with Crippen molar-refractivity contribution in [3.63, 3.8) is 0 Å². The van der Waals surface area contributed by atoms with Crippen LogP contribution in [-0.4, -0.2) is 31.5 Å². The molecule has 0 nitrogen and oxygen atoms in total. The summed E-state index contributed by atoms with van der Waals surface area (Å²) in [5, 5.41) is 0. The van der Waals surface area contributed by atoms with Gasteiger partial charge in [0.1, 0.15) is 0 Å². The maximum absolute atomic E-state index is 2.50. The molecule has 15 heavy (non-hydrogen) atoms. The Hall–Kier alpha value is 1.05. The Labute approximate surface area is 106 Å². The highest BCUT2D eigenvalue weighted by atomic mass is 32.2. The van der Waals surface area contributed by atoms with E-state index in [1.807, 2.05) is 0 Å². The second-order valence-electron chi connectivity index (χ2n) is 6.18. The van der Waals surface area contributed by atoms with Crippen LogP contribution < -0.4 is 0 Å². The summed E-state index contributed by atoms with van der Waals surface area (Å²) in [7, 11) is 0. The molecule has 3 unspecified atom stereocenters. The summed E-state index contributed by atoms with van der Waals surface area (Å²) < 4.78 is 1.97. The van der Waals surface area contributed by atoms with Gasteiger partial charge in [0, 0.05) is 31.5 Å². The predicted molar refractivity (Wildman–Crippen MR) is 75.3 cm³/mol. The first-order chi connectivity index (χ1) is 6.93. The SMILES string of the molecule is CC1(CC(CC2(C)CS2)C2(C)CS2)CS1. The van der Waals surface area contributed by atoms with Crippen molar-refractivity contribution in [2.75, 3.05) is 17.3 Å². The molecule has 0 aromatic carbocycles. The van der Waals surface area contributed by atoms with Crippen molar-refractivity contribution < 1.29 is 0 Å². The van der Waals surface area contributed by atoms with Crippen LogP contribution in [0, 0.1) is 5.92 Å². The average Bonchev–Trinajstić information content (AvgIpc) is 3.00. The van der Waals surface area contributed by atoms with Gasteiger partial charge in [0.2, 0.25) is 0 Å². The van der Waals surface area contributed by atoms with Gasteiger partial charge in [-0.15, -0.1) is 0 Å². The maximum Gasteiger partial charge on any atom is 0.0252 e. The van der Waals surface area contributed by atoms with Crippen LogP contribution in [0.5, 0.6) is 0 Å². The molecule has 0 saturated carbocycles. The van der Waals surface area contributed by atoms with Gasteiger partial charge in [0.15, 0.2) is 0 Å². The van der Waals surface area contributed by atoms with Crippen molar-refractivity contribution in [1.29, 1.82) is 0 Å². The highest BCUT2D eigenvalue weighted by Crippen LogP contribution is 2.61. The average molecular weight is 260 g/mol. The molecule has 86 valence electrons. The highest BCUT2D eigenvalue weighted by Gasteiger charge is 2.54. The van der Waals surface area contributed by atoms with Crippen LogP contribution >= 0.6 is 35.3 Å². The normalized spacial score (nSPS) is 53.8. The lowest BCUT2D eigenvalue weighted by atomic mass is 9.81. The van der Waals surface area contributed by atoms with E-state index >= 15 is 0 Å². The number of hydrogen-bond donors (Lipinski definition) is 0. The molecule has 3 fully saturated rings. The molecule has 3 rings (SSSR count). The first-order valence-corrected chi connectivity index (χ1v) is 8.81. The maximum atomic E-state index is 2.50. The molecule has 0 bridgehead atoms. The Morgan fingerprint density at radius 2 is 1.27 bits per heavy atom. The Morgan fingerprint density at radius 3 is 1.53 bits per heavy atom. The van der Waals surface area contributed by atoms with E-state index in [0.29, 0.717) is 14.2 Å². The van der Waals surface area contributed by atoms with Crippen molar-refractivity contribution in [2.45, 2.75) is 47.9 Å². The summed E-state index contributed by atoms with van der Waals surface area (Å²) in [6, 6.07) is 0. The van der Waals surface area contributed by atoms with Crippen LogP contribution in [0.15, 0.2) is 0 Å². The minimum absolute atomic E-state index is 0.651. The summed E-state index contributed by atoms with van der Waals surface area (Å²) in [5.74, 6) is 5.21. The van der Waals surface area contributed by atoms with Crippen molar-refractivity contribution in [3.8, 4) is 0 Å². The minimum atomic E-state index is 0.651. The van der Waals surface area contributed by atoms with Gasteiger partial charge < -0.3 is 0 Å². The largest absolute Gasteiger partial charge is 0.153 e. The van der Waals surface area contributed by atoms with Crippen LogP contribution in [0.4, 0.5) is 0 Å². The van der Waals surface area contributed by atoms with E-state index in [4.69, 9.17) is 0 Å². The van der Waals surface area contributed by atoms with Crippen LogP contribution in [0.25, 0.3) is 0 Å². The predicted octanol–water partition coefficient (Wildman–Crippen LogP) is 3.90. The molecule has 3 aliphatic heterocycles. The summed E-state index contributed by atoms with van der Waals surface area (Å²) in [4.78, 5) is 0. The lowest BCUT2D eigenvalue weighted by Crippen LogP contribution is -2.28. The molecule has 0 amide bonds. The fourth-order valence-corrected chi connectivity index (χ4v) is 4.61. The zero-order valence-corrected chi connectivity index (χ0v) is 12.3. The standard InChI is InChI=1S/C12H20S3/c1-10(6-13-10)4-9(12(3)8-15-12)5-11(2)7-14-11/h9H,4-8H2,1-3H3. The monoisotopic (exact) mass is 260 g/mol. The Morgan fingerprint density at radius 1 is 0.867 bits per heavy atom. The van der Waals surface area contributed by atoms with E-state index in [-0.39, 0.29) is 0 Å². The summed E-state index contributed by atoms with van der Waals surface area (Å²) in [6.45, 7) is 7.42. The highest BCUT2D eigenvalue weighted by molar-refractivity contribution is 8.08. The Kier molecular flexibility index (Phi) is 2.45. The van der Waals surface area contributed by atoms with Gasteiger partial charge in [-0.05, 0) is 39.5 Å². The molecule has 3 saturated heterocycles. The first-order valence-electron chi connectivity index (χ1n) is 5.85. The van der Waals surface area contributed by atoms with Crippen LogP contribution in [-0.2, 0) is 0 Å². The minimum Gasteiger partial charge on any atom is -0.153 e. The van der Waals surface area contributed by atoms with Crippen molar-refractivity contribution in [2.24, 2.45) is 5.92 Å². The van der Waals surface area contributed by atoms with Crippen LogP contribution in [0.1, 0.15) is 33.6 Å². The lowest BCUT2D eigenvalue weighted by molar-refractivity contribution is 0.360. The number of thioether (sulfide) groups is 3. The van der Waals surface area contributed by atoms with E-state index in [9.17, 15) is 0 Å². The fraction of sp³-hybridized carbons (Fsp3) is 1.00. The van der Waals surface area contributed by atoms with Crippen molar-refractivity contribution in [1.82, 2.24) is 0 Å². The quantitative estimate of drug-likeness (QED) is 0.688. The van der Waals surface area contributed by atoms with E-state index in [1.165, 1.54) is 30.1 Å². The van der Waals surface area contributed by atoms with Gasteiger partial charge in [-0.25, -0.2) is 0 Å². The Bertz CT molecular complexity index is 255. The molecular weight excluding hydrogens is 240 g/mol. The number of hydrogen-bond acceptors (Lipinski definition) is 3.